The van der Waals surface area contributed by atoms with Gasteiger partial charge in [-0.1, -0.05) is 13.8 Å². The first-order chi connectivity index (χ1) is 23.3. The second kappa shape index (κ2) is 17.2. The normalized spacial score (nSPS) is 22.3. The number of amides is 6. The summed E-state index contributed by atoms with van der Waals surface area (Å²) < 4.78 is 0. The molecule has 0 aliphatic carbocycles. The van der Waals surface area contributed by atoms with Gasteiger partial charge in [0, 0.05) is 31.4 Å². The third-order valence-electron chi connectivity index (χ3n) is 9.15. The number of carboxylic acids is 1. The number of H-pyrrole nitrogens is 1. The van der Waals surface area contributed by atoms with Crippen LogP contribution >= 0.6 is 0 Å². The number of aromatic nitrogens is 2. The Morgan fingerprint density at radius 2 is 1.61 bits per heavy atom. The molecule has 49 heavy (non-hydrogen) atoms. The van der Waals surface area contributed by atoms with Crippen LogP contribution in [0.5, 0.6) is 0 Å². The number of likely N-dealkylation sites (tertiary alicyclic amines) is 2. The minimum atomic E-state index is -1.12. The third kappa shape index (κ3) is 9.99. The summed E-state index contributed by atoms with van der Waals surface area (Å²) in [5, 5.41) is 23.2. The Labute approximate surface area is 285 Å². The molecule has 0 spiro atoms. The van der Waals surface area contributed by atoms with Crippen LogP contribution in [0.3, 0.4) is 0 Å². The Hall–Kier alpha value is -4.54. The largest absolute Gasteiger partial charge is 0.480 e. The molecule has 0 bridgehead atoms. The van der Waals surface area contributed by atoms with E-state index in [-0.39, 0.29) is 30.7 Å². The number of nitrogens with one attached hydrogen (secondary N) is 6. The maximum absolute atomic E-state index is 13.8. The zero-order valence-corrected chi connectivity index (χ0v) is 28.3. The van der Waals surface area contributed by atoms with Gasteiger partial charge in [0.25, 0.3) is 0 Å². The van der Waals surface area contributed by atoms with Crippen LogP contribution in [0.4, 0.5) is 0 Å². The number of carbonyl (C=O) groups is 7. The van der Waals surface area contributed by atoms with E-state index in [1.807, 2.05) is 13.8 Å². The number of carbonyl (C=O) groups excluding carboxylic acids is 6. The van der Waals surface area contributed by atoms with E-state index in [0.29, 0.717) is 50.9 Å². The molecular weight excluding hydrogens is 638 g/mol. The fourth-order valence-corrected chi connectivity index (χ4v) is 6.60. The third-order valence-corrected chi connectivity index (χ3v) is 9.15. The summed E-state index contributed by atoms with van der Waals surface area (Å²) in [7, 11) is 0. The lowest BCUT2D eigenvalue weighted by Gasteiger charge is -2.32. The quantitative estimate of drug-likeness (QED) is 0.112. The van der Waals surface area contributed by atoms with Gasteiger partial charge in [0.1, 0.15) is 30.2 Å². The first kappa shape index (κ1) is 37.3. The highest BCUT2D eigenvalue weighted by molar-refractivity contribution is 5.96. The average molecular weight is 688 g/mol. The topological polar surface area (TPSA) is 235 Å². The van der Waals surface area contributed by atoms with E-state index >= 15 is 0 Å². The van der Waals surface area contributed by atoms with Crippen LogP contribution in [-0.4, -0.2) is 129 Å². The lowest BCUT2D eigenvalue weighted by molar-refractivity contribution is -0.152. The van der Waals surface area contributed by atoms with Gasteiger partial charge in [-0.2, -0.15) is 0 Å². The predicted molar refractivity (Wildman–Crippen MR) is 174 cm³/mol. The molecular formula is C32H49N9O8. The van der Waals surface area contributed by atoms with Crippen molar-refractivity contribution in [3.63, 3.8) is 0 Å². The number of hydrogen-bond acceptors (Lipinski definition) is 9. The van der Waals surface area contributed by atoms with Crippen LogP contribution in [0.25, 0.3) is 0 Å². The summed E-state index contributed by atoms with van der Waals surface area (Å²) >= 11 is 0. The fourth-order valence-electron chi connectivity index (χ4n) is 6.60. The minimum absolute atomic E-state index is 0.00324. The van der Waals surface area contributed by atoms with Gasteiger partial charge in [-0.25, -0.2) is 9.78 Å². The van der Waals surface area contributed by atoms with E-state index in [4.69, 9.17) is 0 Å². The van der Waals surface area contributed by atoms with E-state index in [2.05, 4.69) is 36.6 Å². The number of aromatic amines is 1. The summed E-state index contributed by atoms with van der Waals surface area (Å²) in [4.78, 5) is 100. The number of hydrogen-bond donors (Lipinski definition) is 7. The van der Waals surface area contributed by atoms with Gasteiger partial charge in [0.15, 0.2) is 0 Å². The van der Waals surface area contributed by atoms with Gasteiger partial charge in [-0.3, -0.25) is 28.8 Å². The summed E-state index contributed by atoms with van der Waals surface area (Å²) in [5.41, 5.74) is 0.553. The Morgan fingerprint density at radius 1 is 0.898 bits per heavy atom. The van der Waals surface area contributed by atoms with Crippen LogP contribution in [0, 0.1) is 5.92 Å². The van der Waals surface area contributed by atoms with Crippen LogP contribution in [0.15, 0.2) is 12.5 Å². The second-order valence-electron chi connectivity index (χ2n) is 13.4. The maximum atomic E-state index is 13.8. The van der Waals surface area contributed by atoms with Crippen molar-refractivity contribution in [2.75, 3.05) is 26.2 Å². The Balaban J connectivity index is 1.36. The maximum Gasteiger partial charge on any atom is 0.326 e. The summed E-state index contributed by atoms with van der Waals surface area (Å²) in [5.74, 6) is -4.11. The van der Waals surface area contributed by atoms with Gasteiger partial charge in [0.05, 0.1) is 18.9 Å². The van der Waals surface area contributed by atoms with Crippen molar-refractivity contribution >= 4 is 41.4 Å². The van der Waals surface area contributed by atoms with Gasteiger partial charge >= 0.3 is 5.97 Å². The van der Waals surface area contributed by atoms with Gasteiger partial charge in [-0.05, 0) is 64.3 Å². The molecule has 1 aromatic heterocycles. The first-order valence-electron chi connectivity index (χ1n) is 17.1. The summed E-state index contributed by atoms with van der Waals surface area (Å²) in [6, 6.07) is -5.14. The molecule has 3 aliphatic heterocycles. The summed E-state index contributed by atoms with van der Waals surface area (Å²) in [6.45, 7) is 6.13. The number of aliphatic carboxylic acids is 1. The molecule has 4 rings (SSSR count). The highest BCUT2D eigenvalue weighted by Crippen LogP contribution is 2.26. The van der Waals surface area contributed by atoms with E-state index in [0.717, 1.165) is 13.0 Å². The molecule has 0 aromatic carbocycles. The van der Waals surface area contributed by atoms with Gasteiger partial charge < -0.3 is 46.5 Å². The number of carboxylic acid groups (broad SMARTS) is 1. The fraction of sp³-hybridized carbons (Fsp3) is 0.688. The number of imidazole rings is 1. The molecule has 4 heterocycles. The Bertz CT molecular complexity index is 1360. The molecule has 0 radical (unpaired) electrons. The van der Waals surface area contributed by atoms with Crippen molar-refractivity contribution in [2.45, 2.75) is 108 Å². The molecule has 3 fully saturated rings. The van der Waals surface area contributed by atoms with Crippen LogP contribution in [0.1, 0.15) is 71.4 Å². The van der Waals surface area contributed by atoms with Gasteiger partial charge in [-0.15, -0.1) is 0 Å². The Kier molecular flexibility index (Phi) is 13.1. The van der Waals surface area contributed by atoms with Crippen molar-refractivity contribution in [3.05, 3.63) is 18.2 Å². The zero-order valence-electron chi connectivity index (χ0n) is 28.3. The van der Waals surface area contributed by atoms with Crippen molar-refractivity contribution < 1.29 is 38.7 Å². The molecule has 17 nitrogen and oxygen atoms in total. The monoisotopic (exact) mass is 687 g/mol. The highest BCUT2D eigenvalue weighted by Gasteiger charge is 2.43. The molecule has 6 atom stereocenters. The summed E-state index contributed by atoms with van der Waals surface area (Å²) in [6.07, 6.45) is 6.65. The first-order valence-corrected chi connectivity index (χ1v) is 17.1. The molecule has 6 amide bonds. The molecule has 1 aromatic rings. The highest BCUT2D eigenvalue weighted by atomic mass is 16.4. The SMILES string of the molecule is CC(C)C[C@H](NC(=O)CNC(=O)[C@H](Cc1cnc[nH]1)NC(=O)[C@H](C)NC(=O)[C@@H]1CCCN1)C(=O)N1CCC[C@H]1C(=O)N1CCC[C@H]1C(=O)O. The van der Waals surface area contributed by atoms with Crippen LogP contribution in [0.2, 0.25) is 0 Å². The molecule has 0 saturated carbocycles. The average Bonchev–Trinajstić information content (AvgIpc) is 3.89. The molecule has 7 N–H and O–H groups in total. The number of rotatable bonds is 15. The standard InChI is InChI=1S/C32H49N9O8/c1-18(2)13-23(30(46)40-11-5-8-24(40)31(47)41-12-6-9-25(41)32(48)49)38-26(42)16-35-28(44)22(14-20-15-33-17-36-20)39-27(43)19(3)37-29(45)21-7-4-10-34-21/h15,17-19,21-25,34H,4-14,16H2,1-3H3,(H,33,36)(H,35,44)(H,37,45)(H,38,42)(H,39,43)(H,48,49)/t19-,21-,22-,23-,24-,25-/m0/s1. The Morgan fingerprint density at radius 3 is 2.24 bits per heavy atom. The van der Waals surface area contributed by atoms with Crippen molar-refractivity contribution in [2.24, 2.45) is 5.92 Å². The van der Waals surface area contributed by atoms with E-state index in [1.165, 1.54) is 29.2 Å². The van der Waals surface area contributed by atoms with Crippen molar-refractivity contribution in [3.8, 4) is 0 Å². The van der Waals surface area contributed by atoms with E-state index < -0.39 is 72.3 Å². The van der Waals surface area contributed by atoms with Crippen LogP contribution < -0.4 is 26.6 Å². The predicted octanol–water partition coefficient (Wildman–Crippen LogP) is -1.59. The molecule has 0 unspecified atom stereocenters. The van der Waals surface area contributed by atoms with E-state index in [1.54, 1.807) is 0 Å². The zero-order chi connectivity index (χ0) is 35.7. The molecule has 17 heteroatoms. The second-order valence-corrected chi connectivity index (χ2v) is 13.4. The van der Waals surface area contributed by atoms with Crippen LogP contribution in [-0.2, 0) is 40.0 Å². The molecule has 3 aliphatic rings. The van der Waals surface area contributed by atoms with E-state index in [9.17, 15) is 38.7 Å². The molecule has 3 saturated heterocycles. The molecule has 270 valence electrons. The lowest BCUT2D eigenvalue weighted by Crippen LogP contribution is -2.57. The minimum Gasteiger partial charge on any atom is -0.480 e. The lowest BCUT2D eigenvalue weighted by atomic mass is 10.0. The van der Waals surface area contributed by atoms with Gasteiger partial charge in [0.2, 0.25) is 35.4 Å². The smallest absolute Gasteiger partial charge is 0.326 e. The number of nitrogens with zero attached hydrogens (tertiary/aromatic N) is 3. The van der Waals surface area contributed by atoms with Crippen molar-refractivity contribution in [1.82, 2.24) is 46.4 Å². The van der Waals surface area contributed by atoms with Crippen molar-refractivity contribution in [1.29, 1.82) is 0 Å².